The summed E-state index contributed by atoms with van der Waals surface area (Å²) in [5.74, 6) is -0.860. The van der Waals surface area contributed by atoms with E-state index in [0.29, 0.717) is 19.3 Å². The minimum absolute atomic E-state index is 0.0709. The summed E-state index contributed by atoms with van der Waals surface area (Å²) in [5, 5.41) is 0. The average molecular weight is 984 g/mol. The standard InChI is InChI=1S/C64H118O6/c1-4-7-10-13-16-19-22-25-28-31-33-36-39-42-45-48-51-54-57-63(66)69-60-61(59-68-62(65)56-53-50-47-44-41-38-35-30-27-24-21-18-15-12-9-6-3)70-64(67)58-55-52-49-46-43-40-37-34-32-29-26-23-20-17-14-11-8-5-2/h9,12,18,21,27,30,61H,4-8,10-11,13-17,19-20,22-26,28-29,31-60H2,1-3H3/b12-9-,21-18-,30-27-. The molecule has 6 heteroatoms. The zero-order chi connectivity index (χ0) is 50.7. The number of unbranched alkanes of at least 4 members (excludes halogenated alkanes) is 40. The molecule has 0 bridgehead atoms. The second kappa shape index (κ2) is 59.2. The zero-order valence-electron chi connectivity index (χ0n) is 47.1. The lowest BCUT2D eigenvalue weighted by Crippen LogP contribution is -2.30. The van der Waals surface area contributed by atoms with Crippen molar-refractivity contribution >= 4 is 17.9 Å². The molecular formula is C64H118O6. The van der Waals surface area contributed by atoms with Crippen LogP contribution in [0.4, 0.5) is 0 Å². The number of carbonyl (C=O) groups is 3. The molecule has 0 aliphatic carbocycles. The third kappa shape index (κ3) is 56.5. The average Bonchev–Trinajstić information content (AvgIpc) is 3.36. The van der Waals surface area contributed by atoms with Crippen LogP contribution >= 0.6 is 0 Å². The van der Waals surface area contributed by atoms with Crippen LogP contribution in [0.5, 0.6) is 0 Å². The first-order chi connectivity index (χ1) is 34.5. The van der Waals surface area contributed by atoms with Crippen LogP contribution in [-0.4, -0.2) is 37.2 Å². The van der Waals surface area contributed by atoms with Crippen LogP contribution in [0.1, 0.15) is 335 Å². The largest absolute Gasteiger partial charge is 0.462 e. The SMILES string of the molecule is CC/C=C\C/C=C\C/C=C\CCCCCCCCC(=O)OCC(COC(=O)CCCCCCCCCCCCCCCCCCCC)OC(=O)CCCCCCCCCCCCCCCCCCCC. The van der Waals surface area contributed by atoms with Crippen molar-refractivity contribution in [2.75, 3.05) is 13.2 Å². The summed E-state index contributed by atoms with van der Waals surface area (Å²) in [4.78, 5) is 38.3. The van der Waals surface area contributed by atoms with Crippen molar-refractivity contribution in [2.45, 2.75) is 341 Å². The molecule has 0 fully saturated rings. The number of allylic oxidation sites excluding steroid dienone is 6. The highest BCUT2D eigenvalue weighted by atomic mass is 16.6. The number of hydrogen-bond acceptors (Lipinski definition) is 6. The van der Waals surface area contributed by atoms with Gasteiger partial charge in [-0.3, -0.25) is 14.4 Å². The summed E-state index contributed by atoms with van der Waals surface area (Å²) < 4.78 is 16.9. The molecule has 70 heavy (non-hydrogen) atoms. The van der Waals surface area contributed by atoms with E-state index in [1.54, 1.807) is 0 Å². The molecule has 0 aromatic carbocycles. The first-order valence-electron chi connectivity index (χ1n) is 31.0. The van der Waals surface area contributed by atoms with E-state index < -0.39 is 6.10 Å². The van der Waals surface area contributed by atoms with Gasteiger partial charge in [0.1, 0.15) is 13.2 Å². The number of carbonyl (C=O) groups excluding carboxylic acids is 3. The van der Waals surface area contributed by atoms with Crippen molar-refractivity contribution < 1.29 is 28.6 Å². The second-order valence-corrected chi connectivity index (χ2v) is 21.0. The molecule has 0 heterocycles. The molecule has 0 rings (SSSR count). The fraction of sp³-hybridized carbons (Fsp3) is 0.859. The van der Waals surface area contributed by atoms with Gasteiger partial charge >= 0.3 is 17.9 Å². The Morgan fingerprint density at radius 2 is 0.557 bits per heavy atom. The Kier molecular flexibility index (Phi) is 57.2. The third-order valence-corrected chi connectivity index (χ3v) is 13.9. The predicted octanol–water partition coefficient (Wildman–Crippen LogP) is 20.8. The van der Waals surface area contributed by atoms with Gasteiger partial charge in [-0.2, -0.15) is 0 Å². The van der Waals surface area contributed by atoms with Gasteiger partial charge in [0, 0.05) is 19.3 Å². The number of rotatable bonds is 57. The Labute approximate surface area is 435 Å². The number of ether oxygens (including phenoxy) is 3. The van der Waals surface area contributed by atoms with Gasteiger partial charge in [-0.05, 0) is 51.4 Å². The van der Waals surface area contributed by atoms with E-state index in [0.717, 1.165) is 83.5 Å². The molecular weight excluding hydrogens is 865 g/mol. The van der Waals surface area contributed by atoms with Gasteiger partial charge in [0.2, 0.25) is 0 Å². The first-order valence-corrected chi connectivity index (χ1v) is 31.0. The Balaban J connectivity index is 4.33. The maximum atomic E-state index is 12.9. The van der Waals surface area contributed by atoms with Gasteiger partial charge in [-0.15, -0.1) is 0 Å². The smallest absolute Gasteiger partial charge is 0.306 e. The highest BCUT2D eigenvalue weighted by Gasteiger charge is 2.19. The lowest BCUT2D eigenvalue weighted by molar-refractivity contribution is -0.167. The molecule has 0 saturated carbocycles. The maximum absolute atomic E-state index is 12.9. The second-order valence-electron chi connectivity index (χ2n) is 21.0. The van der Waals surface area contributed by atoms with E-state index in [1.165, 1.54) is 212 Å². The summed E-state index contributed by atoms with van der Waals surface area (Å²) in [5.41, 5.74) is 0. The molecule has 6 nitrogen and oxygen atoms in total. The molecule has 0 aromatic rings. The van der Waals surface area contributed by atoms with Crippen molar-refractivity contribution in [2.24, 2.45) is 0 Å². The van der Waals surface area contributed by atoms with Gasteiger partial charge in [-0.25, -0.2) is 0 Å². The van der Waals surface area contributed by atoms with Crippen LogP contribution in [0, 0.1) is 0 Å². The normalized spacial score (nSPS) is 12.2. The first kappa shape index (κ1) is 67.6. The summed E-state index contributed by atoms with van der Waals surface area (Å²) >= 11 is 0. The lowest BCUT2D eigenvalue weighted by Gasteiger charge is -2.18. The van der Waals surface area contributed by atoms with E-state index in [4.69, 9.17) is 14.2 Å². The molecule has 0 N–H and O–H groups in total. The monoisotopic (exact) mass is 983 g/mol. The van der Waals surface area contributed by atoms with Crippen LogP contribution in [0.2, 0.25) is 0 Å². The molecule has 0 amide bonds. The van der Waals surface area contributed by atoms with Crippen LogP contribution in [-0.2, 0) is 28.6 Å². The van der Waals surface area contributed by atoms with Crippen molar-refractivity contribution in [1.29, 1.82) is 0 Å². The molecule has 0 aliphatic rings. The minimum Gasteiger partial charge on any atom is -0.462 e. The quantitative estimate of drug-likeness (QED) is 0.0261. The van der Waals surface area contributed by atoms with E-state index in [-0.39, 0.29) is 31.1 Å². The Hall–Kier alpha value is -2.37. The van der Waals surface area contributed by atoms with Gasteiger partial charge in [0.25, 0.3) is 0 Å². The minimum atomic E-state index is -0.774. The molecule has 1 atom stereocenters. The molecule has 0 aromatic heterocycles. The van der Waals surface area contributed by atoms with E-state index >= 15 is 0 Å². The van der Waals surface area contributed by atoms with Crippen molar-refractivity contribution in [1.82, 2.24) is 0 Å². The Morgan fingerprint density at radius 3 is 0.871 bits per heavy atom. The summed E-state index contributed by atoms with van der Waals surface area (Å²) in [6.45, 7) is 6.58. The topological polar surface area (TPSA) is 78.9 Å². The molecule has 410 valence electrons. The Morgan fingerprint density at radius 1 is 0.300 bits per heavy atom. The molecule has 0 aliphatic heterocycles. The molecule has 0 saturated heterocycles. The van der Waals surface area contributed by atoms with Gasteiger partial charge in [-0.1, -0.05) is 301 Å². The van der Waals surface area contributed by atoms with Crippen molar-refractivity contribution in [3.05, 3.63) is 36.5 Å². The van der Waals surface area contributed by atoms with E-state index in [2.05, 4.69) is 57.2 Å². The summed E-state index contributed by atoms with van der Waals surface area (Å²) in [7, 11) is 0. The Bertz CT molecular complexity index is 1170. The highest BCUT2D eigenvalue weighted by molar-refractivity contribution is 5.71. The highest BCUT2D eigenvalue weighted by Crippen LogP contribution is 2.18. The van der Waals surface area contributed by atoms with Gasteiger partial charge < -0.3 is 14.2 Å². The fourth-order valence-corrected chi connectivity index (χ4v) is 9.28. The summed E-state index contributed by atoms with van der Waals surface area (Å²) in [6.07, 6.45) is 71.4. The summed E-state index contributed by atoms with van der Waals surface area (Å²) in [6, 6.07) is 0. The van der Waals surface area contributed by atoms with Crippen LogP contribution in [0.3, 0.4) is 0 Å². The predicted molar refractivity (Wildman–Crippen MR) is 302 cm³/mol. The van der Waals surface area contributed by atoms with Crippen LogP contribution < -0.4 is 0 Å². The van der Waals surface area contributed by atoms with Crippen molar-refractivity contribution in [3.63, 3.8) is 0 Å². The van der Waals surface area contributed by atoms with Crippen LogP contribution in [0.15, 0.2) is 36.5 Å². The van der Waals surface area contributed by atoms with Gasteiger partial charge in [0.05, 0.1) is 0 Å². The maximum Gasteiger partial charge on any atom is 0.306 e. The lowest BCUT2D eigenvalue weighted by atomic mass is 10.0. The fourth-order valence-electron chi connectivity index (χ4n) is 9.28. The molecule has 0 spiro atoms. The van der Waals surface area contributed by atoms with Crippen molar-refractivity contribution in [3.8, 4) is 0 Å². The number of esters is 3. The number of hydrogen-bond donors (Lipinski definition) is 0. The van der Waals surface area contributed by atoms with Crippen LogP contribution in [0.25, 0.3) is 0 Å². The van der Waals surface area contributed by atoms with E-state index in [1.807, 2.05) is 0 Å². The zero-order valence-corrected chi connectivity index (χ0v) is 47.1. The third-order valence-electron chi connectivity index (χ3n) is 13.9. The molecule has 1 unspecified atom stereocenters. The van der Waals surface area contributed by atoms with Gasteiger partial charge in [0.15, 0.2) is 6.10 Å². The van der Waals surface area contributed by atoms with E-state index in [9.17, 15) is 14.4 Å². The molecule has 0 radical (unpaired) electrons.